The van der Waals surface area contributed by atoms with Crippen LogP contribution in [-0.2, 0) is 16.0 Å². The van der Waals surface area contributed by atoms with E-state index in [1.807, 2.05) is 66.7 Å². The van der Waals surface area contributed by atoms with E-state index in [4.69, 9.17) is 25.4 Å². The largest absolute Gasteiger partial charge is 0.493 e. The Kier molecular flexibility index (Phi) is 9.27. The van der Waals surface area contributed by atoms with Crippen LogP contribution in [0.1, 0.15) is 30.4 Å². The van der Waals surface area contributed by atoms with E-state index in [0.717, 1.165) is 23.1 Å². The van der Waals surface area contributed by atoms with E-state index in [-0.39, 0.29) is 30.8 Å². The predicted molar refractivity (Wildman–Crippen MR) is 152 cm³/mol. The van der Waals surface area contributed by atoms with E-state index in [0.29, 0.717) is 42.2 Å². The number of aryl methyl sites for hydroxylation is 1. The SMILES string of the molecule is COc1ccc(CCCN2C(=O)[C@H](CC(=O)O)C[C@H]2COc2ccc(-c3ccc(C(=N)N)cc3)cc2)cc1OC. The number of amidine groups is 1. The van der Waals surface area contributed by atoms with E-state index in [1.165, 1.54) is 0 Å². The van der Waals surface area contributed by atoms with E-state index in [9.17, 15) is 14.7 Å². The number of nitrogens with zero attached hydrogens (tertiary/aromatic N) is 1. The van der Waals surface area contributed by atoms with Crippen LogP contribution in [0.3, 0.4) is 0 Å². The highest BCUT2D eigenvalue weighted by atomic mass is 16.5. The molecule has 0 aromatic heterocycles. The smallest absolute Gasteiger partial charge is 0.304 e. The second-order valence-corrected chi connectivity index (χ2v) is 9.84. The van der Waals surface area contributed by atoms with Crippen LogP contribution in [0.2, 0.25) is 0 Å². The summed E-state index contributed by atoms with van der Waals surface area (Å²) in [6, 6.07) is 20.7. The molecule has 40 heavy (non-hydrogen) atoms. The summed E-state index contributed by atoms with van der Waals surface area (Å²) in [5, 5.41) is 16.8. The van der Waals surface area contributed by atoms with Gasteiger partial charge in [0.15, 0.2) is 11.5 Å². The van der Waals surface area contributed by atoms with Gasteiger partial charge in [0, 0.05) is 12.1 Å². The van der Waals surface area contributed by atoms with E-state index >= 15 is 0 Å². The Morgan fingerprint density at radius 2 is 1.65 bits per heavy atom. The number of nitrogens with one attached hydrogen (secondary N) is 1. The number of nitrogen functional groups attached to an aromatic ring is 1. The summed E-state index contributed by atoms with van der Waals surface area (Å²) in [4.78, 5) is 26.2. The van der Waals surface area contributed by atoms with Crippen molar-refractivity contribution < 1.29 is 28.9 Å². The molecule has 210 valence electrons. The van der Waals surface area contributed by atoms with Gasteiger partial charge in [0.25, 0.3) is 0 Å². The molecule has 0 unspecified atom stereocenters. The molecule has 0 bridgehead atoms. The summed E-state index contributed by atoms with van der Waals surface area (Å²) < 4.78 is 16.8. The number of methoxy groups -OCH3 is 2. The number of carboxylic acids is 1. The molecule has 3 aromatic rings. The molecule has 1 saturated heterocycles. The monoisotopic (exact) mass is 545 g/mol. The number of ether oxygens (including phenoxy) is 3. The number of amides is 1. The van der Waals surface area contributed by atoms with Crippen molar-refractivity contribution in [2.75, 3.05) is 27.4 Å². The first kappa shape index (κ1) is 28.5. The standard InChI is InChI=1S/C31H35N3O6/c1-38-27-14-5-20(16-28(27)39-2)4-3-15-34-25(17-24(31(34)37)18-29(35)36)19-40-26-12-10-22(11-13-26)21-6-8-23(9-7-21)30(32)33/h5-14,16,24-25H,3-4,15,17-19H2,1-2H3,(H3,32,33)(H,35,36)/t24-,25-/m0/s1. The predicted octanol–water partition coefficient (Wildman–Crippen LogP) is 4.36. The van der Waals surface area contributed by atoms with Crippen molar-refractivity contribution in [1.29, 1.82) is 5.41 Å². The van der Waals surface area contributed by atoms with Crippen molar-refractivity contribution in [1.82, 2.24) is 4.90 Å². The van der Waals surface area contributed by atoms with Crippen LogP contribution in [-0.4, -0.2) is 61.1 Å². The normalized spacial score (nSPS) is 16.6. The number of benzene rings is 3. The lowest BCUT2D eigenvalue weighted by atomic mass is 10.0. The minimum absolute atomic E-state index is 0.0290. The highest BCUT2D eigenvalue weighted by Crippen LogP contribution is 2.31. The molecule has 0 saturated carbocycles. The average Bonchev–Trinajstić information content (AvgIpc) is 3.25. The number of carbonyl (C=O) groups excluding carboxylic acids is 1. The van der Waals surface area contributed by atoms with Crippen molar-refractivity contribution in [2.45, 2.75) is 31.7 Å². The van der Waals surface area contributed by atoms with Crippen LogP contribution in [0.15, 0.2) is 66.7 Å². The van der Waals surface area contributed by atoms with E-state index in [1.54, 1.807) is 19.1 Å². The molecule has 0 aliphatic carbocycles. The molecule has 1 aliphatic heterocycles. The van der Waals surface area contributed by atoms with Gasteiger partial charge in [-0.25, -0.2) is 0 Å². The highest BCUT2D eigenvalue weighted by molar-refractivity contribution is 5.95. The molecule has 9 heteroatoms. The number of carboxylic acid groups (broad SMARTS) is 1. The first-order valence-corrected chi connectivity index (χ1v) is 13.2. The summed E-state index contributed by atoms with van der Waals surface area (Å²) >= 11 is 0. The molecule has 0 radical (unpaired) electrons. The molecule has 4 rings (SSSR count). The lowest BCUT2D eigenvalue weighted by Gasteiger charge is -2.25. The molecule has 1 aliphatic rings. The van der Waals surface area contributed by atoms with Crippen LogP contribution in [0.25, 0.3) is 11.1 Å². The van der Waals surface area contributed by atoms with Crippen LogP contribution in [0, 0.1) is 11.3 Å². The number of carbonyl (C=O) groups is 2. The van der Waals surface area contributed by atoms with Crippen molar-refractivity contribution in [2.24, 2.45) is 11.7 Å². The van der Waals surface area contributed by atoms with Crippen molar-refractivity contribution in [3.8, 4) is 28.4 Å². The quantitative estimate of drug-likeness (QED) is 0.215. The Morgan fingerprint density at radius 1 is 1.00 bits per heavy atom. The third-order valence-corrected chi connectivity index (χ3v) is 7.19. The van der Waals surface area contributed by atoms with Gasteiger partial charge in [-0.3, -0.25) is 15.0 Å². The number of nitrogens with two attached hydrogens (primary N) is 1. The van der Waals surface area contributed by atoms with Gasteiger partial charge in [-0.1, -0.05) is 42.5 Å². The fourth-order valence-electron chi connectivity index (χ4n) is 5.07. The first-order chi connectivity index (χ1) is 19.3. The van der Waals surface area contributed by atoms with Gasteiger partial charge in [-0.15, -0.1) is 0 Å². The second-order valence-electron chi connectivity index (χ2n) is 9.84. The molecule has 2 atom stereocenters. The number of rotatable bonds is 13. The molecule has 3 aromatic carbocycles. The van der Waals surface area contributed by atoms with Crippen LogP contribution >= 0.6 is 0 Å². The Bertz CT molecular complexity index is 1340. The Morgan fingerprint density at radius 3 is 2.25 bits per heavy atom. The van der Waals surface area contributed by atoms with E-state index in [2.05, 4.69) is 0 Å². The summed E-state index contributed by atoms with van der Waals surface area (Å²) in [5.74, 6) is 0.361. The minimum Gasteiger partial charge on any atom is -0.493 e. The van der Waals surface area contributed by atoms with Gasteiger partial charge in [0.1, 0.15) is 18.2 Å². The van der Waals surface area contributed by atoms with Crippen LogP contribution in [0.5, 0.6) is 17.2 Å². The lowest BCUT2D eigenvalue weighted by molar-refractivity contribution is -0.142. The lowest BCUT2D eigenvalue weighted by Crippen LogP contribution is -2.38. The highest BCUT2D eigenvalue weighted by Gasteiger charge is 2.40. The van der Waals surface area contributed by atoms with Gasteiger partial charge in [0.2, 0.25) is 5.91 Å². The van der Waals surface area contributed by atoms with Gasteiger partial charge in [-0.2, -0.15) is 0 Å². The Hall–Kier alpha value is -4.53. The molecular weight excluding hydrogens is 510 g/mol. The van der Waals surface area contributed by atoms with Gasteiger partial charge in [-0.05, 0) is 60.2 Å². The average molecular weight is 546 g/mol. The second kappa shape index (κ2) is 13.0. The first-order valence-electron chi connectivity index (χ1n) is 13.2. The van der Waals surface area contributed by atoms with Crippen LogP contribution in [0.4, 0.5) is 0 Å². The number of likely N-dealkylation sites (tertiary alicyclic amines) is 1. The Labute approximate surface area is 234 Å². The molecule has 1 heterocycles. The number of aliphatic carboxylic acids is 1. The summed E-state index contributed by atoms with van der Waals surface area (Å²) in [6.07, 6.45) is 1.71. The third-order valence-electron chi connectivity index (χ3n) is 7.19. The fourth-order valence-corrected chi connectivity index (χ4v) is 5.07. The Balaban J connectivity index is 1.38. The number of hydrogen-bond acceptors (Lipinski definition) is 6. The van der Waals surface area contributed by atoms with E-state index < -0.39 is 11.9 Å². The molecule has 1 amide bonds. The van der Waals surface area contributed by atoms with Crippen molar-refractivity contribution in [3.63, 3.8) is 0 Å². The molecule has 1 fully saturated rings. The summed E-state index contributed by atoms with van der Waals surface area (Å²) in [5.41, 5.74) is 9.26. The molecule has 4 N–H and O–H groups in total. The zero-order valence-corrected chi connectivity index (χ0v) is 22.8. The van der Waals surface area contributed by atoms with Crippen molar-refractivity contribution in [3.05, 3.63) is 77.9 Å². The topological polar surface area (TPSA) is 135 Å². The molecule has 0 spiro atoms. The minimum atomic E-state index is -0.975. The maximum Gasteiger partial charge on any atom is 0.304 e. The maximum atomic E-state index is 13.1. The van der Waals surface area contributed by atoms with Gasteiger partial charge in [0.05, 0.1) is 32.6 Å². The zero-order valence-electron chi connectivity index (χ0n) is 22.8. The number of hydrogen-bond donors (Lipinski definition) is 3. The third kappa shape index (κ3) is 6.91. The van der Waals surface area contributed by atoms with Crippen LogP contribution < -0.4 is 19.9 Å². The molecule has 9 nitrogen and oxygen atoms in total. The molecular formula is C31H35N3O6. The van der Waals surface area contributed by atoms with Gasteiger partial charge >= 0.3 is 5.97 Å². The summed E-state index contributed by atoms with van der Waals surface area (Å²) in [7, 11) is 3.19. The summed E-state index contributed by atoms with van der Waals surface area (Å²) in [6.45, 7) is 0.789. The zero-order chi connectivity index (χ0) is 28.6. The van der Waals surface area contributed by atoms with Gasteiger partial charge < -0.3 is 30.0 Å². The fraction of sp³-hybridized carbons (Fsp3) is 0.323. The maximum absolute atomic E-state index is 13.1. The van der Waals surface area contributed by atoms with Crippen molar-refractivity contribution >= 4 is 17.7 Å².